The molecule has 1 spiro atoms. The van der Waals surface area contributed by atoms with Crippen LogP contribution in [0.3, 0.4) is 0 Å². The molecule has 7 heteroatoms. The van der Waals surface area contributed by atoms with Gasteiger partial charge in [-0.3, -0.25) is 9.79 Å². The first-order chi connectivity index (χ1) is 16.0. The lowest BCUT2D eigenvalue weighted by Crippen LogP contribution is -2.28. The van der Waals surface area contributed by atoms with Gasteiger partial charge in [0.2, 0.25) is 5.91 Å². The van der Waals surface area contributed by atoms with E-state index in [1.165, 1.54) is 17.3 Å². The van der Waals surface area contributed by atoms with Crippen molar-refractivity contribution in [3.05, 3.63) is 53.6 Å². The Balaban J connectivity index is 1.29. The Hall–Kier alpha value is -2.80. The standard InChI is InChI=1S/C26H29N3O3S/c1-17-3-5-19(6-4-17)24-25(29-26(28-24)11-9-18(2)10-12-26)33-16-23(30)27-20-7-8-21-22(15-20)32-14-13-31-21/h3-8,15,18H,9-14,16H2,1-2H3,(H,27,30). The summed E-state index contributed by atoms with van der Waals surface area (Å²) in [4.78, 5) is 23.0. The lowest BCUT2D eigenvalue weighted by atomic mass is 9.83. The molecule has 0 aromatic heterocycles. The molecule has 1 aliphatic carbocycles. The van der Waals surface area contributed by atoms with Gasteiger partial charge in [0.05, 0.1) is 11.5 Å². The number of carbonyl (C=O) groups excluding carboxylic acids is 1. The van der Waals surface area contributed by atoms with Crippen LogP contribution in [0, 0.1) is 12.8 Å². The molecule has 0 saturated heterocycles. The van der Waals surface area contributed by atoms with Crippen molar-refractivity contribution in [2.24, 2.45) is 15.9 Å². The van der Waals surface area contributed by atoms with Crippen molar-refractivity contribution in [3.8, 4) is 11.5 Å². The molecule has 33 heavy (non-hydrogen) atoms. The van der Waals surface area contributed by atoms with Crippen LogP contribution in [-0.4, -0.2) is 41.3 Å². The lowest BCUT2D eigenvalue weighted by molar-refractivity contribution is -0.113. The molecule has 2 aromatic carbocycles. The third-order valence-corrected chi connectivity index (χ3v) is 7.36. The summed E-state index contributed by atoms with van der Waals surface area (Å²) in [6, 6.07) is 13.9. The molecule has 2 aromatic rings. The van der Waals surface area contributed by atoms with E-state index in [-0.39, 0.29) is 17.3 Å². The summed E-state index contributed by atoms with van der Waals surface area (Å²) >= 11 is 1.47. The maximum Gasteiger partial charge on any atom is 0.234 e. The summed E-state index contributed by atoms with van der Waals surface area (Å²) in [5.41, 5.74) is 3.53. The van der Waals surface area contributed by atoms with Gasteiger partial charge < -0.3 is 14.8 Å². The molecule has 1 saturated carbocycles. The number of benzene rings is 2. The van der Waals surface area contributed by atoms with Gasteiger partial charge in [0.15, 0.2) is 17.2 Å². The van der Waals surface area contributed by atoms with Gasteiger partial charge >= 0.3 is 0 Å². The van der Waals surface area contributed by atoms with Crippen LogP contribution in [0.5, 0.6) is 11.5 Å². The molecular formula is C26H29N3O3S. The van der Waals surface area contributed by atoms with Crippen LogP contribution in [0.2, 0.25) is 0 Å². The number of aliphatic imine (C=N–C) groups is 2. The Morgan fingerprint density at radius 2 is 1.79 bits per heavy atom. The largest absolute Gasteiger partial charge is 0.486 e. The Labute approximate surface area is 198 Å². The molecule has 3 aliphatic rings. The highest BCUT2D eigenvalue weighted by Crippen LogP contribution is 2.40. The van der Waals surface area contributed by atoms with Crippen LogP contribution in [0.4, 0.5) is 5.69 Å². The summed E-state index contributed by atoms with van der Waals surface area (Å²) in [6.07, 6.45) is 4.21. The molecule has 2 aliphatic heterocycles. The molecule has 0 radical (unpaired) electrons. The van der Waals surface area contributed by atoms with Crippen LogP contribution in [0.1, 0.15) is 43.7 Å². The number of nitrogens with zero attached hydrogens (tertiary/aromatic N) is 2. The number of thioether (sulfide) groups is 1. The van der Waals surface area contributed by atoms with Gasteiger partial charge in [-0.15, -0.1) is 0 Å². The summed E-state index contributed by atoms with van der Waals surface area (Å²) < 4.78 is 11.2. The van der Waals surface area contributed by atoms with Gasteiger partial charge in [-0.1, -0.05) is 48.5 Å². The maximum atomic E-state index is 12.7. The molecule has 0 unspecified atom stereocenters. The third kappa shape index (κ3) is 4.93. The minimum Gasteiger partial charge on any atom is -0.486 e. The molecule has 6 nitrogen and oxygen atoms in total. The lowest BCUT2D eigenvalue weighted by Gasteiger charge is -2.30. The number of amides is 1. The fourth-order valence-corrected chi connectivity index (χ4v) is 5.30. The highest BCUT2D eigenvalue weighted by Gasteiger charge is 2.39. The minimum atomic E-state index is -0.360. The minimum absolute atomic E-state index is 0.0825. The first-order valence-corrected chi connectivity index (χ1v) is 12.6. The quantitative estimate of drug-likeness (QED) is 0.673. The highest BCUT2D eigenvalue weighted by atomic mass is 32.2. The molecule has 1 amide bonds. The Morgan fingerprint density at radius 3 is 2.55 bits per heavy atom. The van der Waals surface area contributed by atoms with Gasteiger partial charge in [0.25, 0.3) is 0 Å². The molecular weight excluding hydrogens is 434 g/mol. The maximum absolute atomic E-state index is 12.7. The van der Waals surface area contributed by atoms with E-state index in [2.05, 4.69) is 43.4 Å². The van der Waals surface area contributed by atoms with E-state index < -0.39 is 0 Å². The van der Waals surface area contributed by atoms with E-state index in [9.17, 15) is 4.79 Å². The zero-order valence-electron chi connectivity index (χ0n) is 19.1. The number of aryl methyl sites for hydroxylation is 1. The molecule has 0 atom stereocenters. The summed E-state index contributed by atoms with van der Waals surface area (Å²) in [5.74, 6) is 2.28. The SMILES string of the molecule is Cc1ccc(C2=NC3(CCC(C)CC3)N=C2SCC(=O)Nc2ccc3c(c2)OCCO3)cc1. The second kappa shape index (κ2) is 9.21. The summed E-state index contributed by atoms with van der Waals surface area (Å²) in [6.45, 7) is 5.44. The molecule has 2 heterocycles. The molecule has 0 bridgehead atoms. The third-order valence-electron chi connectivity index (χ3n) is 6.40. The van der Waals surface area contributed by atoms with Crippen molar-refractivity contribution in [2.75, 3.05) is 24.3 Å². The van der Waals surface area contributed by atoms with Crippen molar-refractivity contribution in [1.82, 2.24) is 0 Å². The van der Waals surface area contributed by atoms with Crippen molar-refractivity contribution < 1.29 is 14.3 Å². The zero-order valence-corrected chi connectivity index (χ0v) is 19.9. The van der Waals surface area contributed by atoms with E-state index in [1.54, 1.807) is 0 Å². The van der Waals surface area contributed by atoms with Crippen LogP contribution < -0.4 is 14.8 Å². The monoisotopic (exact) mass is 463 g/mol. The normalized spacial score (nSPS) is 23.8. The fourth-order valence-electron chi connectivity index (χ4n) is 4.42. The van der Waals surface area contributed by atoms with Gasteiger partial charge in [0.1, 0.15) is 18.3 Å². The van der Waals surface area contributed by atoms with Gasteiger partial charge in [-0.25, -0.2) is 4.99 Å². The number of carbonyl (C=O) groups is 1. The first-order valence-electron chi connectivity index (χ1n) is 11.6. The van der Waals surface area contributed by atoms with E-state index in [0.717, 1.165) is 47.9 Å². The fraction of sp³-hybridized carbons (Fsp3) is 0.423. The number of ether oxygens (including phenoxy) is 2. The Morgan fingerprint density at radius 1 is 1.06 bits per heavy atom. The van der Waals surface area contributed by atoms with E-state index in [1.807, 2.05) is 18.2 Å². The number of anilines is 1. The van der Waals surface area contributed by atoms with Crippen molar-refractivity contribution in [3.63, 3.8) is 0 Å². The summed E-state index contributed by atoms with van der Waals surface area (Å²) in [7, 11) is 0. The van der Waals surface area contributed by atoms with E-state index >= 15 is 0 Å². The van der Waals surface area contributed by atoms with Crippen LogP contribution in [0.25, 0.3) is 0 Å². The van der Waals surface area contributed by atoms with Crippen LogP contribution in [0.15, 0.2) is 52.4 Å². The zero-order chi connectivity index (χ0) is 22.8. The number of hydrogen-bond donors (Lipinski definition) is 1. The number of nitrogens with one attached hydrogen (secondary N) is 1. The summed E-state index contributed by atoms with van der Waals surface area (Å²) in [5, 5.41) is 3.83. The Bertz CT molecular complexity index is 1100. The molecule has 5 rings (SSSR count). The van der Waals surface area contributed by atoms with E-state index in [4.69, 9.17) is 19.5 Å². The second-order valence-corrected chi connectivity index (χ2v) is 10.1. The Kier molecular flexibility index (Phi) is 6.15. The highest BCUT2D eigenvalue weighted by molar-refractivity contribution is 8.16. The predicted molar refractivity (Wildman–Crippen MR) is 134 cm³/mol. The van der Waals surface area contributed by atoms with Crippen molar-refractivity contribution >= 4 is 34.1 Å². The molecule has 1 N–H and O–H groups in total. The second-order valence-electron chi connectivity index (χ2n) is 9.10. The van der Waals surface area contributed by atoms with Crippen molar-refractivity contribution in [1.29, 1.82) is 0 Å². The molecule has 172 valence electrons. The van der Waals surface area contributed by atoms with Crippen molar-refractivity contribution in [2.45, 2.75) is 45.2 Å². The van der Waals surface area contributed by atoms with Gasteiger partial charge in [-0.05, 0) is 50.7 Å². The number of fused-ring (bicyclic) bond motifs is 1. The van der Waals surface area contributed by atoms with Crippen LogP contribution >= 0.6 is 11.8 Å². The van der Waals surface area contributed by atoms with Crippen LogP contribution in [-0.2, 0) is 4.79 Å². The van der Waals surface area contributed by atoms with Gasteiger partial charge in [-0.2, -0.15) is 0 Å². The van der Waals surface area contributed by atoms with Gasteiger partial charge in [0, 0.05) is 17.3 Å². The average Bonchev–Trinajstić information content (AvgIpc) is 3.18. The average molecular weight is 464 g/mol. The first kappa shape index (κ1) is 22.0. The van der Waals surface area contributed by atoms with E-state index in [0.29, 0.717) is 30.4 Å². The predicted octanol–water partition coefficient (Wildman–Crippen LogP) is 5.25. The number of hydrogen-bond acceptors (Lipinski definition) is 6. The smallest absolute Gasteiger partial charge is 0.234 e. The topological polar surface area (TPSA) is 72.3 Å². The number of rotatable bonds is 4. The molecule has 1 fully saturated rings.